The number of nitrogens with one attached hydrogen (secondary N) is 2. The highest BCUT2D eigenvalue weighted by molar-refractivity contribution is 7.12. The summed E-state index contributed by atoms with van der Waals surface area (Å²) in [4.78, 5) is 27.5. The van der Waals surface area contributed by atoms with E-state index >= 15 is 0 Å². The van der Waals surface area contributed by atoms with E-state index in [1.807, 2.05) is 58.8 Å². The molecule has 0 radical (unpaired) electrons. The number of rotatable bonds is 6. The summed E-state index contributed by atoms with van der Waals surface area (Å²) < 4.78 is 0. The molecule has 154 valence electrons. The van der Waals surface area contributed by atoms with Crippen molar-refractivity contribution in [3.05, 3.63) is 87.6 Å². The van der Waals surface area contributed by atoms with Gasteiger partial charge in [-0.1, -0.05) is 42.5 Å². The van der Waals surface area contributed by atoms with Crippen LogP contribution in [-0.2, 0) is 19.4 Å². The molecule has 3 amide bonds. The lowest BCUT2D eigenvalue weighted by atomic mass is 9.99. The molecule has 0 unspecified atom stereocenters. The fourth-order valence-electron chi connectivity index (χ4n) is 3.68. The third-order valence-corrected chi connectivity index (χ3v) is 6.12. The molecular weight excluding hydrogens is 394 g/mol. The van der Waals surface area contributed by atoms with Gasteiger partial charge < -0.3 is 15.5 Å². The van der Waals surface area contributed by atoms with Crippen LogP contribution in [0.1, 0.15) is 32.8 Å². The van der Waals surface area contributed by atoms with Gasteiger partial charge in [0.1, 0.15) is 0 Å². The van der Waals surface area contributed by atoms with Gasteiger partial charge in [0.15, 0.2) is 0 Å². The molecule has 1 aromatic heterocycles. The van der Waals surface area contributed by atoms with Gasteiger partial charge in [-0.3, -0.25) is 4.79 Å². The molecule has 0 fully saturated rings. The Morgan fingerprint density at radius 1 is 1.00 bits per heavy atom. The van der Waals surface area contributed by atoms with E-state index in [0.29, 0.717) is 13.1 Å². The van der Waals surface area contributed by atoms with Crippen molar-refractivity contribution in [2.75, 3.05) is 18.4 Å². The van der Waals surface area contributed by atoms with E-state index in [1.165, 1.54) is 22.5 Å². The second kappa shape index (κ2) is 9.59. The third kappa shape index (κ3) is 5.07. The molecule has 0 saturated carbocycles. The molecule has 1 aliphatic heterocycles. The van der Waals surface area contributed by atoms with Crippen LogP contribution >= 0.6 is 11.3 Å². The SMILES string of the molecule is O=C(NCCCc1ccccc1)Nc1ccc2c(c1)CN(C(=O)c1cccs1)CC2. The zero-order valence-corrected chi connectivity index (χ0v) is 17.6. The van der Waals surface area contributed by atoms with Crippen LogP contribution < -0.4 is 10.6 Å². The molecule has 4 rings (SSSR count). The number of aryl methyl sites for hydroxylation is 1. The molecule has 2 aromatic carbocycles. The summed E-state index contributed by atoms with van der Waals surface area (Å²) in [5.74, 6) is 0.0742. The average molecular weight is 420 g/mol. The Hall–Kier alpha value is -3.12. The maximum Gasteiger partial charge on any atom is 0.319 e. The van der Waals surface area contributed by atoms with Crippen LogP contribution in [0.5, 0.6) is 0 Å². The molecule has 3 aromatic rings. The van der Waals surface area contributed by atoms with Gasteiger partial charge in [-0.05, 0) is 59.5 Å². The van der Waals surface area contributed by atoms with E-state index in [4.69, 9.17) is 0 Å². The Bertz CT molecular complexity index is 1000. The number of urea groups is 1. The summed E-state index contributed by atoms with van der Waals surface area (Å²) in [6.45, 7) is 1.91. The highest BCUT2D eigenvalue weighted by atomic mass is 32.1. The summed E-state index contributed by atoms with van der Waals surface area (Å²) in [7, 11) is 0. The molecule has 1 aliphatic rings. The Balaban J connectivity index is 1.29. The van der Waals surface area contributed by atoms with E-state index in [1.54, 1.807) is 0 Å². The molecular formula is C24H25N3O2S. The molecule has 0 saturated heterocycles. The predicted octanol–water partition coefficient (Wildman–Crippen LogP) is 4.70. The van der Waals surface area contributed by atoms with Crippen LogP contribution in [0.2, 0.25) is 0 Å². The van der Waals surface area contributed by atoms with Crippen LogP contribution in [0, 0.1) is 0 Å². The number of hydrogen-bond acceptors (Lipinski definition) is 3. The highest BCUT2D eigenvalue weighted by Gasteiger charge is 2.22. The summed E-state index contributed by atoms with van der Waals surface area (Å²) in [6, 6.07) is 19.8. The first kappa shape index (κ1) is 20.2. The fourth-order valence-corrected chi connectivity index (χ4v) is 4.37. The number of benzene rings is 2. The largest absolute Gasteiger partial charge is 0.338 e. The number of carbonyl (C=O) groups is 2. The summed E-state index contributed by atoms with van der Waals surface area (Å²) >= 11 is 1.47. The Morgan fingerprint density at radius 3 is 2.67 bits per heavy atom. The van der Waals surface area contributed by atoms with Crippen LogP contribution in [0.4, 0.5) is 10.5 Å². The summed E-state index contributed by atoms with van der Waals surface area (Å²) in [5, 5.41) is 7.75. The van der Waals surface area contributed by atoms with Crippen molar-refractivity contribution >= 4 is 29.0 Å². The number of nitrogens with zero attached hydrogens (tertiary/aromatic N) is 1. The van der Waals surface area contributed by atoms with E-state index in [2.05, 4.69) is 22.8 Å². The first-order valence-electron chi connectivity index (χ1n) is 10.2. The molecule has 5 nitrogen and oxygen atoms in total. The molecule has 6 heteroatoms. The van der Waals surface area contributed by atoms with Crippen LogP contribution in [0.25, 0.3) is 0 Å². The van der Waals surface area contributed by atoms with Gasteiger partial charge in [0, 0.05) is 25.3 Å². The topological polar surface area (TPSA) is 61.4 Å². The van der Waals surface area contributed by atoms with Gasteiger partial charge in [-0.2, -0.15) is 0 Å². The maximum atomic E-state index is 12.6. The van der Waals surface area contributed by atoms with E-state index in [0.717, 1.165) is 41.9 Å². The van der Waals surface area contributed by atoms with Crippen molar-refractivity contribution in [3.63, 3.8) is 0 Å². The quantitative estimate of drug-likeness (QED) is 0.569. The lowest BCUT2D eigenvalue weighted by molar-refractivity contribution is 0.0739. The van der Waals surface area contributed by atoms with Crippen molar-refractivity contribution in [1.29, 1.82) is 0 Å². The first-order chi connectivity index (χ1) is 14.7. The Kier molecular flexibility index (Phi) is 6.44. The number of amides is 3. The lowest BCUT2D eigenvalue weighted by Gasteiger charge is -2.29. The van der Waals surface area contributed by atoms with Gasteiger partial charge in [0.25, 0.3) is 5.91 Å². The number of anilines is 1. The standard InChI is InChI=1S/C24H25N3O2S/c28-23(22-9-5-15-30-22)27-14-12-19-10-11-21(16-20(19)17-27)26-24(29)25-13-4-8-18-6-2-1-3-7-18/h1-3,5-7,9-11,15-16H,4,8,12-14,17H2,(H2,25,26,29). The van der Waals surface area contributed by atoms with Crippen molar-refractivity contribution in [2.24, 2.45) is 0 Å². The predicted molar refractivity (Wildman–Crippen MR) is 121 cm³/mol. The fraction of sp³-hybridized carbons (Fsp3) is 0.250. The molecule has 2 heterocycles. The van der Waals surface area contributed by atoms with Crippen molar-refractivity contribution in [2.45, 2.75) is 25.8 Å². The van der Waals surface area contributed by atoms with Gasteiger partial charge in [0.05, 0.1) is 4.88 Å². The molecule has 0 spiro atoms. The zero-order valence-electron chi connectivity index (χ0n) is 16.8. The number of carbonyl (C=O) groups excluding carboxylic acids is 2. The number of thiophene rings is 1. The summed E-state index contributed by atoms with van der Waals surface area (Å²) in [5.41, 5.74) is 4.35. The average Bonchev–Trinajstić information content (AvgIpc) is 3.31. The van der Waals surface area contributed by atoms with Crippen LogP contribution in [-0.4, -0.2) is 29.9 Å². The van der Waals surface area contributed by atoms with Gasteiger partial charge in [-0.25, -0.2) is 4.79 Å². The Morgan fingerprint density at radius 2 is 1.87 bits per heavy atom. The van der Waals surface area contributed by atoms with Gasteiger partial charge >= 0.3 is 6.03 Å². The molecule has 0 aliphatic carbocycles. The van der Waals surface area contributed by atoms with E-state index in [-0.39, 0.29) is 11.9 Å². The Labute approximate surface area is 180 Å². The smallest absolute Gasteiger partial charge is 0.319 e. The second-order valence-corrected chi connectivity index (χ2v) is 8.36. The minimum atomic E-state index is -0.203. The second-order valence-electron chi connectivity index (χ2n) is 7.41. The number of fused-ring (bicyclic) bond motifs is 1. The molecule has 0 bridgehead atoms. The first-order valence-corrected chi connectivity index (χ1v) is 11.1. The molecule has 30 heavy (non-hydrogen) atoms. The minimum absolute atomic E-state index is 0.0742. The van der Waals surface area contributed by atoms with Gasteiger partial charge in [0.2, 0.25) is 0 Å². The third-order valence-electron chi connectivity index (χ3n) is 5.27. The van der Waals surface area contributed by atoms with Crippen molar-refractivity contribution < 1.29 is 9.59 Å². The van der Waals surface area contributed by atoms with Crippen molar-refractivity contribution in [3.8, 4) is 0 Å². The number of hydrogen-bond donors (Lipinski definition) is 2. The van der Waals surface area contributed by atoms with Crippen LogP contribution in [0.3, 0.4) is 0 Å². The van der Waals surface area contributed by atoms with Gasteiger partial charge in [-0.15, -0.1) is 11.3 Å². The van der Waals surface area contributed by atoms with Crippen molar-refractivity contribution in [1.82, 2.24) is 10.2 Å². The zero-order chi connectivity index (χ0) is 20.8. The molecule has 2 N–H and O–H groups in total. The monoisotopic (exact) mass is 419 g/mol. The van der Waals surface area contributed by atoms with E-state index in [9.17, 15) is 9.59 Å². The highest BCUT2D eigenvalue weighted by Crippen LogP contribution is 2.24. The summed E-state index contributed by atoms with van der Waals surface area (Å²) in [6.07, 6.45) is 2.66. The lowest BCUT2D eigenvalue weighted by Crippen LogP contribution is -2.35. The normalized spacial score (nSPS) is 12.9. The maximum absolute atomic E-state index is 12.6. The minimum Gasteiger partial charge on any atom is -0.338 e. The van der Waals surface area contributed by atoms with E-state index < -0.39 is 0 Å². The molecule has 0 atom stereocenters. The van der Waals surface area contributed by atoms with Crippen LogP contribution in [0.15, 0.2) is 66.0 Å².